The Kier molecular flexibility index (Phi) is 3.92. The summed E-state index contributed by atoms with van der Waals surface area (Å²) in [5, 5.41) is 14.2. The van der Waals surface area contributed by atoms with Gasteiger partial charge in [-0.1, -0.05) is 6.92 Å². The number of nitrogens with zero attached hydrogens (tertiary/aromatic N) is 1. The average molecular weight is 269 g/mol. The van der Waals surface area contributed by atoms with E-state index in [4.69, 9.17) is 5.11 Å². The second-order valence-corrected chi connectivity index (χ2v) is 5.00. The topological polar surface area (TPSA) is 98.7 Å². The molecule has 2 fully saturated rings. The van der Waals surface area contributed by atoms with Gasteiger partial charge in [0.1, 0.15) is 6.04 Å². The van der Waals surface area contributed by atoms with E-state index in [1.807, 2.05) is 0 Å². The van der Waals surface area contributed by atoms with Crippen LogP contribution in [-0.4, -0.2) is 53.1 Å². The van der Waals surface area contributed by atoms with E-state index in [1.165, 1.54) is 0 Å². The minimum absolute atomic E-state index is 0.00669. The number of carbonyl (C=O) groups excluding carboxylic acids is 2. The number of hydrogen-bond acceptors (Lipinski definition) is 3. The third-order valence-electron chi connectivity index (χ3n) is 3.87. The number of likely N-dealkylation sites (tertiary alicyclic amines) is 1. The van der Waals surface area contributed by atoms with Crippen molar-refractivity contribution in [2.75, 3.05) is 13.1 Å². The Morgan fingerprint density at radius 1 is 1.58 bits per heavy atom. The van der Waals surface area contributed by atoms with Gasteiger partial charge in [0.15, 0.2) is 0 Å². The van der Waals surface area contributed by atoms with Gasteiger partial charge in [0.2, 0.25) is 5.91 Å². The lowest BCUT2D eigenvalue weighted by molar-refractivity contribution is -0.139. The van der Waals surface area contributed by atoms with Gasteiger partial charge in [0, 0.05) is 13.1 Å². The van der Waals surface area contributed by atoms with Crippen LogP contribution in [-0.2, 0) is 9.59 Å². The lowest BCUT2D eigenvalue weighted by atomic mass is 9.92. The number of nitrogens with one attached hydrogen (secondary N) is 2. The molecular weight excluding hydrogens is 250 g/mol. The monoisotopic (exact) mass is 269 g/mol. The van der Waals surface area contributed by atoms with E-state index in [9.17, 15) is 14.4 Å². The number of piperidine rings is 1. The molecule has 2 heterocycles. The Balaban J connectivity index is 2.02. The summed E-state index contributed by atoms with van der Waals surface area (Å²) in [4.78, 5) is 36.3. The fraction of sp³-hybridized carbons (Fsp3) is 0.750. The van der Waals surface area contributed by atoms with Crippen LogP contribution in [0, 0.1) is 5.92 Å². The van der Waals surface area contributed by atoms with E-state index in [1.54, 1.807) is 11.8 Å². The molecule has 2 rings (SSSR count). The molecule has 0 aromatic heterocycles. The van der Waals surface area contributed by atoms with Gasteiger partial charge in [-0.05, 0) is 19.3 Å². The number of fused-ring (bicyclic) bond motifs is 1. The first-order chi connectivity index (χ1) is 9.04. The summed E-state index contributed by atoms with van der Waals surface area (Å²) in [7, 11) is 0. The minimum Gasteiger partial charge on any atom is -0.480 e. The summed E-state index contributed by atoms with van der Waals surface area (Å²) in [5.41, 5.74) is 0. The highest BCUT2D eigenvalue weighted by atomic mass is 16.4. The molecule has 0 saturated carbocycles. The van der Waals surface area contributed by atoms with Gasteiger partial charge in [0.25, 0.3) is 0 Å². The Labute approximate surface area is 111 Å². The van der Waals surface area contributed by atoms with Gasteiger partial charge >= 0.3 is 12.0 Å². The number of urea groups is 1. The molecule has 2 aliphatic rings. The lowest BCUT2D eigenvalue weighted by Gasteiger charge is -2.36. The van der Waals surface area contributed by atoms with Crippen molar-refractivity contribution in [1.82, 2.24) is 15.5 Å². The Morgan fingerprint density at radius 2 is 2.32 bits per heavy atom. The van der Waals surface area contributed by atoms with E-state index in [0.29, 0.717) is 19.5 Å². The zero-order valence-electron chi connectivity index (χ0n) is 10.9. The molecule has 7 nitrogen and oxygen atoms in total. The first kappa shape index (κ1) is 13.6. The quantitative estimate of drug-likeness (QED) is 0.659. The number of rotatable bonds is 3. The fourth-order valence-corrected chi connectivity index (χ4v) is 2.77. The number of hydrogen-bond donors (Lipinski definition) is 3. The van der Waals surface area contributed by atoms with Crippen LogP contribution in [0.25, 0.3) is 0 Å². The van der Waals surface area contributed by atoms with Crippen LogP contribution in [0.2, 0.25) is 0 Å². The predicted octanol–water partition coefficient (Wildman–Crippen LogP) is -0.230. The van der Waals surface area contributed by atoms with Crippen molar-refractivity contribution in [3.05, 3.63) is 0 Å². The molecule has 3 atom stereocenters. The highest BCUT2D eigenvalue weighted by Crippen LogP contribution is 2.27. The van der Waals surface area contributed by atoms with Crippen LogP contribution in [0.1, 0.15) is 26.2 Å². The van der Waals surface area contributed by atoms with E-state index < -0.39 is 12.0 Å². The number of amides is 3. The number of aliphatic carboxylic acids is 1. The van der Waals surface area contributed by atoms with Gasteiger partial charge in [0.05, 0.1) is 12.0 Å². The molecule has 3 unspecified atom stereocenters. The third-order valence-corrected chi connectivity index (χ3v) is 3.87. The van der Waals surface area contributed by atoms with Crippen LogP contribution >= 0.6 is 0 Å². The molecule has 3 amide bonds. The van der Waals surface area contributed by atoms with Gasteiger partial charge in [-0.2, -0.15) is 0 Å². The van der Waals surface area contributed by atoms with Crippen molar-refractivity contribution in [2.45, 2.75) is 38.3 Å². The summed E-state index contributed by atoms with van der Waals surface area (Å²) >= 11 is 0. The number of carboxylic acids is 1. The predicted molar refractivity (Wildman–Crippen MR) is 66.5 cm³/mol. The first-order valence-corrected chi connectivity index (χ1v) is 6.62. The van der Waals surface area contributed by atoms with Crippen LogP contribution < -0.4 is 10.6 Å². The second kappa shape index (κ2) is 5.46. The van der Waals surface area contributed by atoms with Crippen molar-refractivity contribution in [1.29, 1.82) is 0 Å². The number of carboxylic acid groups (broad SMARTS) is 1. The maximum Gasteiger partial charge on any atom is 0.326 e. The Bertz CT molecular complexity index is 398. The second-order valence-electron chi connectivity index (χ2n) is 5.00. The maximum absolute atomic E-state index is 12.1. The third kappa shape index (κ3) is 2.64. The number of carbonyl (C=O) groups is 3. The van der Waals surface area contributed by atoms with Crippen LogP contribution in [0.5, 0.6) is 0 Å². The van der Waals surface area contributed by atoms with Gasteiger partial charge in [-0.25, -0.2) is 9.59 Å². The summed E-state index contributed by atoms with van der Waals surface area (Å²) < 4.78 is 0. The molecule has 0 aromatic rings. The molecule has 7 heteroatoms. The molecule has 0 aromatic carbocycles. The van der Waals surface area contributed by atoms with Gasteiger partial charge < -0.3 is 20.6 Å². The average Bonchev–Trinajstić information content (AvgIpc) is 2.77. The normalized spacial score (nSPS) is 27.4. The van der Waals surface area contributed by atoms with Crippen molar-refractivity contribution in [3.8, 4) is 0 Å². The molecule has 3 N–H and O–H groups in total. The molecule has 106 valence electrons. The maximum atomic E-state index is 12.1. The zero-order valence-corrected chi connectivity index (χ0v) is 10.9. The van der Waals surface area contributed by atoms with Crippen LogP contribution in [0.15, 0.2) is 0 Å². The van der Waals surface area contributed by atoms with E-state index in [0.717, 1.165) is 12.8 Å². The van der Waals surface area contributed by atoms with Crippen molar-refractivity contribution >= 4 is 17.9 Å². The summed E-state index contributed by atoms with van der Waals surface area (Å²) in [6, 6.07) is -1.41. The molecule has 0 radical (unpaired) electrons. The highest BCUT2D eigenvalue weighted by molar-refractivity contribution is 5.86. The Hall–Kier alpha value is -1.79. The molecule has 0 bridgehead atoms. The zero-order chi connectivity index (χ0) is 14.0. The van der Waals surface area contributed by atoms with Gasteiger partial charge in [-0.15, -0.1) is 0 Å². The minimum atomic E-state index is -1.04. The lowest BCUT2D eigenvalue weighted by Crippen LogP contribution is -2.55. The molecule has 2 saturated heterocycles. The largest absolute Gasteiger partial charge is 0.480 e. The first-order valence-electron chi connectivity index (χ1n) is 6.62. The summed E-state index contributed by atoms with van der Waals surface area (Å²) in [6.45, 7) is 2.73. The standard InChI is InChI=1S/C12H19N3O4/c1-2-8(11(17)18)14-12(19)15-5-3-4-7-9(15)6-13-10(7)16/h7-9H,2-6H2,1H3,(H,13,16)(H,14,19)(H,17,18). The molecule has 0 spiro atoms. The molecular formula is C12H19N3O4. The van der Waals surface area contributed by atoms with Crippen LogP contribution in [0.4, 0.5) is 4.79 Å². The van der Waals surface area contributed by atoms with Crippen molar-refractivity contribution in [3.63, 3.8) is 0 Å². The smallest absolute Gasteiger partial charge is 0.326 e. The molecule has 0 aliphatic carbocycles. The van der Waals surface area contributed by atoms with Crippen LogP contribution in [0.3, 0.4) is 0 Å². The highest BCUT2D eigenvalue weighted by Gasteiger charge is 2.43. The summed E-state index contributed by atoms with van der Waals surface area (Å²) in [5.74, 6) is -1.19. The molecule has 19 heavy (non-hydrogen) atoms. The summed E-state index contributed by atoms with van der Waals surface area (Å²) in [6.07, 6.45) is 1.89. The Morgan fingerprint density at radius 3 is 2.95 bits per heavy atom. The fourth-order valence-electron chi connectivity index (χ4n) is 2.77. The van der Waals surface area contributed by atoms with Gasteiger partial charge in [-0.3, -0.25) is 4.79 Å². The van der Waals surface area contributed by atoms with E-state index in [-0.39, 0.29) is 23.9 Å². The van der Waals surface area contributed by atoms with E-state index in [2.05, 4.69) is 10.6 Å². The van der Waals surface area contributed by atoms with Crippen molar-refractivity contribution in [2.24, 2.45) is 5.92 Å². The van der Waals surface area contributed by atoms with Crippen molar-refractivity contribution < 1.29 is 19.5 Å². The van der Waals surface area contributed by atoms with E-state index >= 15 is 0 Å². The molecule has 2 aliphatic heterocycles. The SMILES string of the molecule is CCC(NC(=O)N1CCCC2C(=O)NCC21)C(=O)O.